The second-order valence-electron chi connectivity index (χ2n) is 3.19. The minimum absolute atomic E-state index is 0.201. The van der Waals surface area contributed by atoms with Gasteiger partial charge in [-0.1, -0.05) is 0 Å². The maximum absolute atomic E-state index is 11.0. The van der Waals surface area contributed by atoms with Gasteiger partial charge in [0.2, 0.25) is 0 Å². The van der Waals surface area contributed by atoms with Gasteiger partial charge >= 0.3 is 0 Å². The molecule has 1 aliphatic rings. The van der Waals surface area contributed by atoms with E-state index < -0.39 is 0 Å². The zero-order valence-electron chi connectivity index (χ0n) is 6.71. The van der Waals surface area contributed by atoms with Gasteiger partial charge in [-0.2, -0.15) is 0 Å². The fraction of sp³-hybridized carbons (Fsp3) is 0.444. The number of furan rings is 1. The Hall–Kier alpha value is -0.570. The lowest BCUT2D eigenvalue weighted by Crippen LogP contribution is -1.93. The molecule has 64 valence electrons. The van der Waals surface area contributed by atoms with Gasteiger partial charge in [-0.15, -0.1) is 0 Å². The van der Waals surface area contributed by atoms with Crippen LogP contribution in [-0.4, -0.2) is 5.78 Å². The normalized spacial score (nSPS) is 27.2. The zero-order chi connectivity index (χ0) is 8.72. The Morgan fingerprint density at radius 3 is 2.92 bits per heavy atom. The summed E-state index contributed by atoms with van der Waals surface area (Å²) in [7, 11) is 0. The van der Waals surface area contributed by atoms with Crippen molar-refractivity contribution in [1.82, 2.24) is 0 Å². The van der Waals surface area contributed by atoms with Crippen molar-refractivity contribution in [3.05, 3.63) is 22.6 Å². The number of hydrogen-bond donors (Lipinski definition) is 0. The Kier molecular flexibility index (Phi) is 1.83. The van der Waals surface area contributed by atoms with Crippen LogP contribution in [0.25, 0.3) is 0 Å². The molecule has 2 nitrogen and oxygen atoms in total. The third-order valence-corrected chi connectivity index (χ3v) is 2.95. The number of ketones is 1. The summed E-state index contributed by atoms with van der Waals surface area (Å²) in [5, 5.41) is 0. The highest BCUT2D eigenvalue weighted by Gasteiger charge is 2.44. The van der Waals surface area contributed by atoms with Crippen LogP contribution in [0.3, 0.4) is 0 Å². The molecule has 0 radical (unpaired) electrons. The number of Topliss-reactive ketones (excluding diaryl/α,β-unsaturated/α-hetero) is 1. The van der Waals surface area contributed by atoms with E-state index in [4.69, 9.17) is 4.42 Å². The number of carbonyl (C=O) groups excluding carboxylic acids is 1. The largest absolute Gasteiger partial charge is 0.468 e. The van der Waals surface area contributed by atoms with Crippen LogP contribution in [-0.2, 0) is 4.79 Å². The third kappa shape index (κ3) is 1.22. The SMILES string of the molecule is CC(=O)C1CC1c1occc1Br. The molecule has 0 aromatic carbocycles. The molecule has 0 aliphatic heterocycles. The molecule has 2 rings (SSSR count). The molecule has 0 bridgehead atoms. The molecule has 0 N–H and O–H groups in total. The quantitative estimate of drug-likeness (QED) is 0.780. The standard InChI is InChI=1S/C9H9BrO2/c1-5(11)6-4-7(6)9-8(10)2-3-12-9/h2-3,6-7H,4H2,1H3. The molecular formula is C9H9BrO2. The average molecular weight is 229 g/mol. The van der Waals surface area contributed by atoms with E-state index in [9.17, 15) is 4.79 Å². The highest BCUT2D eigenvalue weighted by atomic mass is 79.9. The topological polar surface area (TPSA) is 30.2 Å². The van der Waals surface area contributed by atoms with Crippen LogP contribution in [0.5, 0.6) is 0 Å². The predicted molar refractivity (Wildman–Crippen MR) is 47.9 cm³/mol. The summed E-state index contributed by atoms with van der Waals surface area (Å²) in [6.45, 7) is 1.64. The Balaban J connectivity index is 2.15. The summed E-state index contributed by atoms with van der Waals surface area (Å²) in [6, 6.07) is 1.87. The van der Waals surface area contributed by atoms with Crippen molar-refractivity contribution in [2.45, 2.75) is 19.3 Å². The van der Waals surface area contributed by atoms with E-state index in [1.807, 2.05) is 6.07 Å². The molecule has 2 unspecified atom stereocenters. The van der Waals surface area contributed by atoms with Crippen LogP contribution < -0.4 is 0 Å². The van der Waals surface area contributed by atoms with Crippen LogP contribution in [0.1, 0.15) is 25.0 Å². The smallest absolute Gasteiger partial charge is 0.133 e. The maximum atomic E-state index is 11.0. The van der Waals surface area contributed by atoms with E-state index in [2.05, 4.69) is 15.9 Å². The highest BCUT2D eigenvalue weighted by molar-refractivity contribution is 9.10. The molecule has 1 fully saturated rings. The van der Waals surface area contributed by atoms with Crippen molar-refractivity contribution in [2.24, 2.45) is 5.92 Å². The lowest BCUT2D eigenvalue weighted by atomic mass is 10.2. The number of rotatable bonds is 2. The minimum atomic E-state index is 0.201. The minimum Gasteiger partial charge on any atom is -0.468 e. The number of carbonyl (C=O) groups is 1. The van der Waals surface area contributed by atoms with Crippen LogP contribution in [0.4, 0.5) is 0 Å². The van der Waals surface area contributed by atoms with E-state index in [0.717, 1.165) is 16.7 Å². The summed E-state index contributed by atoms with van der Waals surface area (Å²) in [6.07, 6.45) is 2.59. The van der Waals surface area contributed by atoms with Crippen molar-refractivity contribution < 1.29 is 9.21 Å². The molecule has 1 aromatic heterocycles. The summed E-state index contributed by atoms with van der Waals surface area (Å²) in [5.41, 5.74) is 0. The molecule has 2 atom stereocenters. The van der Waals surface area contributed by atoms with Crippen molar-refractivity contribution >= 4 is 21.7 Å². The van der Waals surface area contributed by atoms with Gasteiger partial charge in [-0.25, -0.2) is 0 Å². The summed E-state index contributed by atoms with van der Waals surface area (Å²) in [5.74, 6) is 1.72. The molecule has 1 aliphatic carbocycles. The van der Waals surface area contributed by atoms with Gasteiger partial charge in [0.15, 0.2) is 0 Å². The lowest BCUT2D eigenvalue weighted by molar-refractivity contribution is -0.118. The first-order valence-corrected chi connectivity index (χ1v) is 4.73. The van der Waals surface area contributed by atoms with Crippen LogP contribution in [0.15, 0.2) is 21.2 Å². The summed E-state index contributed by atoms with van der Waals surface area (Å²) < 4.78 is 6.25. The summed E-state index contributed by atoms with van der Waals surface area (Å²) in [4.78, 5) is 11.0. The molecular weight excluding hydrogens is 220 g/mol. The fourth-order valence-corrected chi connectivity index (χ4v) is 2.00. The van der Waals surface area contributed by atoms with E-state index >= 15 is 0 Å². The second-order valence-corrected chi connectivity index (χ2v) is 4.05. The second kappa shape index (κ2) is 2.73. The Bertz CT molecular complexity index is 316. The van der Waals surface area contributed by atoms with Gasteiger partial charge in [-0.3, -0.25) is 4.79 Å². The van der Waals surface area contributed by atoms with Crippen LogP contribution in [0.2, 0.25) is 0 Å². The first kappa shape index (κ1) is 8.05. The first-order chi connectivity index (χ1) is 5.70. The van der Waals surface area contributed by atoms with E-state index in [1.54, 1.807) is 13.2 Å². The van der Waals surface area contributed by atoms with Gasteiger partial charge in [-0.05, 0) is 35.3 Å². The molecule has 3 heteroatoms. The predicted octanol–water partition coefficient (Wildman–Crippen LogP) is 2.73. The van der Waals surface area contributed by atoms with Gasteiger partial charge in [0.25, 0.3) is 0 Å². The van der Waals surface area contributed by atoms with Crippen LogP contribution in [0, 0.1) is 5.92 Å². The lowest BCUT2D eigenvalue weighted by Gasteiger charge is -1.92. The van der Waals surface area contributed by atoms with Gasteiger partial charge in [0, 0.05) is 11.8 Å². The monoisotopic (exact) mass is 228 g/mol. The molecule has 1 aromatic rings. The highest BCUT2D eigenvalue weighted by Crippen LogP contribution is 2.50. The average Bonchev–Trinajstić information content (AvgIpc) is 2.70. The van der Waals surface area contributed by atoms with E-state index in [1.165, 1.54) is 0 Å². The van der Waals surface area contributed by atoms with Gasteiger partial charge in [0.05, 0.1) is 10.7 Å². The van der Waals surface area contributed by atoms with Gasteiger partial charge in [0.1, 0.15) is 11.5 Å². The molecule has 1 saturated carbocycles. The Labute approximate surface area is 79.1 Å². The molecule has 12 heavy (non-hydrogen) atoms. The zero-order valence-corrected chi connectivity index (χ0v) is 8.30. The third-order valence-electron chi connectivity index (χ3n) is 2.29. The Morgan fingerprint density at radius 1 is 1.75 bits per heavy atom. The van der Waals surface area contributed by atoms with Crippen LogP contribution >= 0.6 is 15.9 Å². The molecule has 1 heterocycles. The van der Waals surface area contributed by atoms with E-state index in [0.29, 0.717) is 5.92 Å². The Morgan fingerprint density at radius 2 is 2.50 bits per heavy atom. The number of halogens is 1. The van der Waals surface area contributed by atoms with Gasteiger partial charge < -0.3 is 4.42 Å². The fourth-order valence-electron chi connectivity index (χ4n) is 1.50. The molecule has 0 saturated heterocycles. The van der Waals surface area contributed by atoms with Crippen molar-refractivity contribution in [1.29, 1.82) is 0 Å². The van der Waals surface area contributed by atoms with E-state index in [-0.39, 0.29) is 11.7 Å². The molecule has 0 amide bonds. The maximum Gasteiger partial charge on any atom is 0.133 e. The van der Waals surface area contributed by atoms with Crippen molar-refractivity contribution in [3.8, 4) is 0 Å². The first-order valence-electron chi connectivity index (χ1n) is 3.93. The summed E-state index contributed by atoms with van der Waals surface area (Å²) >= 11 is 3.38. The molecule has 0 spiro atoms. The van der Waals surface area contributed by atoms with Crippen molar-refractivity contribution in [3.63, 3.8) is 0 Å². The number of hydrogen-bond acceptors (Lipinski definition) is 2. The van der Waals surface area contributed by atoms with Crippen molar-refractivity contribution in [2.75, 3.05) is 0 Å².